The van der Waals surface area contributed by atoms with Gasteiger partial charge in [0.1, 0.15) is 17.2 Å². The Morgan fingerprint density at radius 3 is 2.32 bits per heavy atom. The number of amides is 1. The average molecular weight is 373 g/mol. The molecule has 0 aliphatic heterocycles. The Labute approximate surface area is 165 Å². The van der Waals surface area contributed by atoms with Gasteiger partial charge < -0.3 is 14.8 Å². The molecule has 0 heterocycles. The van der Waals surface area contributed by atoms with E-state index in [2.05, 4.69) is 24.4 Å². The van der Waals surface area contributed by atoms with Crippen LogP contribution in [0.25, 0.3) is 0 Å². The van der Waals surface area contributed by atoms with E-state index in [0.717, 1.165) is 17.9 Å². The summed E-state index contributed by atoms with van der Waals surface area (Å²) >= 11 is 0. The zero-order valence-electron chi connectivity index (χ0n) is 15.8. The minimum atomic E-state index is -0.113. The predicted molar refractivity (Wildman–Crippen MR) is 109 cm³/mol. The van der Waals surface area contributed by atoms with Gasteiger partial charge >= 0.3 is 0 Å². The van der Waals surface area contributed by atoms with Crippen LogP contribution in [-0.4, -0.2) is 12.5 Å². The molecule has 142 valence electrons. The number of benzene rings is 3. The summed E-state index contributed by atoms with van der Waals surface area (Å²) in [5.74, 6) is 2.41. The van der Waals surface area contributed by atoms with E-state index in [1.165, 1.54) is 11.1 Å². The molecule has 1 amide bonds. The number of nitrogens with one attached hydrogen (secondary N) is 1. The molecule has 2 atom stereocenters. The molecule has 0 bridgehead atoms. The second kappa shape index (κ2) is 8.17. The van der Waals surface area contributed by atoms with Crippen molar-refractivity contribution in [3.63, 3.8) is 0 Å². The highest BCUT2D eigenvalue weighted by Crippen LogP contribution is 2.35. The summed E-state index contributed by atoms with van der Waals surface area (Å²) in [6.07, 6.45) is 0.991. The maximum absolute atomic E-state index is 12.4. The van der Waals surface area contributed by atoms with E-state index in [0.29, 0.717) is 11.7 Å². The van der Waals surface area contributed by atoms with Crippen molar-refractivity contribution in [2.45, 2.75) is 19.4 Å². The van der Waals surface area contributed by atoms with Crippen molar-refractivity contribution >= 4 is 5.91 Å². The molecule has 28 heavy (non-hydrogen) atoms. The lowest BCUT2D eigenvalue weighted by atomic mass is 10.0. The molecule has 0 saturated carbocycles. The lowest BCUT2D eigenvalue weighted by molar-refractivity contribution is -0.124. The summed E-state index contributed by atoms with van der Waals surface area (Å²) in [7, 11) is 0. The van der Waals surface area contributed by atoms with Gasteiger partial charge in [-0.05, 0) is 59.9 Å². The van der Waals surface area contributed by atoms with Crippen LogP contribution in [0.4, 0.5) is 0 Å². The molecule has 2 unspecified atom stereocenters. The third kappa shape index (κ3) is 4.17. The number of hydrogen-bond acceptors (Lipinski definition) is 3. The first-order chi connectivity index (χ1) is 13.7. The number of fused-ring (bicyclic) bond motifs is 1. The molecule has 0 fully saturated rings. The largest absolute Gasteiger partial charge is 0.484 e. The number of rotatable bonds is 6. The van der Waals surface area contributed by atoms with Crippen LogP contribution in [0.2, 0.25) is 0 Å². The number of carbonyl (C=O) groups excluding carboxylic acids is 1. The molecule has 4 rings (SSSR count). The molecular formula is C24H23NO3. The fourth-order valence-corrected chi connectivity index (χ4v) is 3.61. The fraction of sp³-hybridized carbons (Fsp3) is 0.208. The van der Waals surface area contributed by atoms with Crippen LogP contribution in [0.5, 0.6) is 17.2 Å². The number of hydrogen-bond donors (Lipinski definition) is 1. The molecule has 0 aromatic heterocycles. The summed E-state index contributed by atoms with van der Waals surface area (Å²) in [6, 6.07) is 25.2. The monoisotopic (exact) mass is 373 g/mol. The summed E-state index contributed by atoms with van der Waals surface area (Å²) in [5, 5.41) is 3.11. The van der Waals surface area contributed by atoms with E-state index in [1.54, 1.807) is 12.1 Å². The van der Waals surface area contributed by atoms with Crippen molar-refractivity contribution in [2.24, 2.45) is 5.92 Å². The second-order valence-electron chi connectivity index (χ2n) is 7.10. The number of ether oxygens (including phenoxy) is 2. The van der Waals surface area contributed by atoms with Crippen molar-refractivity contribution in [3.05, 3.63) is 90.0 Å². The van der Waals surface area contributed by atoms with E-state index in [9.17, 15) is 4.79 Å². The van der Waals surface area contributed by atoms with Gasteiger partial charge in [0.05, 0.1) is 6.04 Å². The highest BCUT2D eigenvalue weighted by Gasteiger charge is 2.30. The van der Waals surface area contributed by atoms with E-state index >= 15 is 0 Å². The zero-order chi connectivity index (χ0) is 19.3. The summed E-state index contributed by atoms with van der Waals surface area (Å²) in [4.78, 5) is 12.4. The minimum absolute atomic E-state index is 0.00965. The standard InChI is InChI=1S/C24H23NO3/c1-17-15-18-7-5-6-10-22(18)24(17)25-23(26)16-27-19-11-13-21(14-12-19)28-20-8-3-2-4-9-20/h2-14,17,24H,15-16H2,1H3,(H,25,26). The zero-order valence-corrected chi connectivity index (χ0v) is 15.8. The third-order valence-electron chi connectivity index (χ3n) is 4.99. The van der Waals surface area contributed by atoms with Crippen molar-refractivity contribution in [3.8, 4) is 17.2 Å². The van der Waals surface area contributed by atoms with E-state index in [-0.39, 0.29) is 18.6 Å². The summed E-state index contributed by atoms with van der Waals surface area (Å²) in [6.45, 7) is 2.15. The second-order valence-corrected chi connectivity index (χ2v) is 7.10. The number of para-hydroxylation sites is 1. The molecule has 0 saturated heterocycles. The Bertz CT molecular complexity index is 938. The summed E-state index contributed by atoms with van der Waals surface area (Å²) in [5.41, 5.74) is 2.53. The van der Waals surface area contributed by atoms with E-state index in [4.69, 9.17) is 9.47 Å². The molecule has 4 nitrogen and oxygen atoms in total. The molecule has 0 radical (unpaired) electrons. The Balaban J connectivity index is 1.30. The lowest BCUT2D eigenvalue weighted by Gasteiger charge is -2.19. The smallest absolute Gasteiger partial charge is 0.258 e. The van der Waals surface area contributed by atoms with Gasteiger partial charge in [0.15, 0.2) is 6.61 Å². The molecule has 1 aliphatic rings. The topological polar surface area (TPSA) is 47.6 Å². The lowest BCUT2D eigenvalue weighted by Crippen LogP contribution is -2.34. The Hall–Kier alpha value is -3.27. The van der Waals surface area contributed by atoms with Gasteiger partial charge in [0.25, 0.3) is 5.91 Å². The average Bonchev–Trinajstić information content (AvgIpc) is 3.03. The Morgan fingerprint density at radius 1 is 0.893 bits per heavy atom. The van der Waals surface area contributed by atoms with Crippen LogP contribution in [0.3, 0.4) is 0 Å². The van der Waals surface area contributed by atoms with Gasteiger partial charge in [-0.15, -0.1) is 0 Å². The van der Waals surface area contributed by atoms with Crippen molar-refractivity contribution in [1.29, 1.82) is 0 Å². The van der Waals surface area contributed by atoms with Crippen molar-refractivity contribution < 1.29 is 14.3 Å². The van der Waals surface area contributed by atoms with Gasteiger partial charge in [0, 0.05) is 0 Å². The first-order valence-corrected chi connectivity index (χ1v) is 9.52. The van der Waals surface area contributed by atoms with Crippen LogP contribution in [0, 0.1) is 5.92 Å². The predicted octanol–water partition coefficient (Wildman–Crippen LogP) is 4.91. The first kappa shape index (κ1) is 18.1. The number of carbonyl (C=O) groups is 1. The van der Waals surface area contributed by atoms with Gasteiger partial charge in [0.2, 0.25) is 0 Å². The summed E-state index contributed by atoms with van der Waals surface area (Å²) < 4.78 is 11.4. The SMILES string of the molecule is CC1Cc2ccccc2C1NC(=O)COc1ccc(Oc2ccccc2)cc1. The Kier molecular flexibility index (Phi) is 5.29. The van der Waals surface area contributed by atoms with Gasteiger partial charge in [-0.25, -0.2) is 0 Å². The highest BCUT2D eigenvalue weighted by atomic mass is 16.5. The van der Waals surface area contributed by atoms with Crippen molar-refractivity contribution in [1.82, 2.24) is 5.32 Å². The van der Waals surface area contributed by atoms with Crippen LogP contribution >= 0.6 is 0 Å². The van der Waals surface area contributed by atoms with Crippen LogP contribution < -0.4 is 14.8 Å². The van der Waals surface area contributed by atoms with E-state index in [1.807, 2.05) is 54.6 Å². The highest BCUT2D eigenvalue weighted by molar-refractivity contribution is 5.78. The fourth-order valence-electron chi connectivity index (χ4n) is 3.61. The van der Waals surface area contributed by atoms with Crippen LogP contribution in [0.1, 0.15) is 24.1 Å². The quantitative estimate of drug-likeness (QED) is 0.668. The first-order valence-electron chi connectivity index (χ1n) is 9.52. The van der Waals surface area contributed by atoms with Crippen LogP contribution in [0.15, 0.2) is 78.9 Å². The third-order valence-corrected chi connectivity index (χ3v) is 4.99. The van der Waals surface area contributed by atoms with Gasteiger partial charge in [-0.3, -0.25) is 4.79 Å². The Morgan fingerprint density at radius 2 is 1.54 bits per heavy atom. The maximum atomic E-state index is 12.4. The van der Waals surface area contributed by atoms with E-state index < -0.39 is 0 Å². The molecule has 3 aromatic rings. The van der Waals surface area contributed by atoms with Gasteiger partial charge in [-0.2, -0.15) is 0 Å². The minimum Gasteiger partial charge on any atom is -0.484 e. The molecular weight excluding hydrogens is 350 g/mol. The normalized spacial score (nSPS) is 17.6. The maximum Gasteiger partial charge on any atom is 0.258 e. The molecule has 1 aliphatic carbocycles. The van der Waals surface area contributed by atoms with Crippen LogP contribution in [-0.2, 0) is 11.2 Å². The molecule has 0 spiro atoms. The van der Waals surface area contributed by atoms with Gasteiger partial charge in [-0.1, -0.05) is 49.4 Å². The molecule has 3 aromatic carbocycles. The molecule has 4 heteroatoms. The molecule has 1 N–H and O–H groups in total. The van der Waals surface area contributed by atoms with Crippen molar-refractivity contribution in [2.75, 3.05) is 6.61 Å².